The first kappa shape index (κ1) is 15.1. The van der Waals surface area contributed by atoms with Gasteiger partial charge in [-0.3, -0.25) is 4.31 Å². The molecule has 1 heterocycles. The van der Waals surface area contributed by atoms with Crippen molar-refractivity contribution >= 4 is 21.7 Å². The Labute approximate surface area is 123 Å². The number of sulfonamides is 1. The number of furan rings is 1. The van der Waals surface area contributed by atoms with Gasteiger partial charge in [0.2, 0.25) is 10.9 Å². The van der Waals surface area contributed by atoms with Crippen molar-refractivity contribution < 1.29 is 22.4 Å². The highest BCUT2D eigenvalue weighted by Crippen LogP contribution is 2.24. The fourth-order valence-electron chi connectivity index (χ4n) is 1.77. The summed E-state index contributed by atoms with van der Waals surface area (Å²) in [6, 6.07) is 9.54. The first-order valence-corrected chi connectivity index (χ1v) is 7.54. The van der Waals surface area contributed by atoms with E-state index in [-0.39, 0.29) is 10.9 Å². The summed E-state index contributed by atoms with van der Waals surface area (Å²) in [6.45, 7) is 1.87. The zero-order chi connectivity index (χ0) is 15.6. The van der Waals surface area contributed by atoms with Crippen LogP contribution < -0.4 is 4.31 Å². The Kier molecular flexibility index (Phi) is 4.04. The van der Waals surface area contributed by atoms with Crippen molar-refractivity contribution in [2.75, 3.05) is 18.5 Å². The first-order valence-electron chi connectivity index (χ1n) is 6.10. The number of carbonyl (C=O) groups is 1. The lowest BCUT2D eigenvalue weighted by Crippen LogP contribution is -2.26. The molecule has 0 saturated heterocycles. The van der Waals surface area contributed by atoms with E-state index in [1.54, 1.807) is 18.2 Å². The van der Waals surface area contributed by atoms with Crippen molar-refractivity contribution in [3.8, 4) is 0 Å². The van der Waals surface area contributed by atoms with E-state index in [0.717, 1.165) is 9.87 Å². The summed E-state index contributed by atoms with van der Waals surface area (Å²) < 4.78 is 35.5. The van der Waals surface area contributed by atoms with E-state index in [9.17, 15) is 13.2 Å². The van der Waals surface area contributed by atoms with Gasteiger partial charge in [0.05, 0.1) is 12.8 Å². The summed E-state index contributed by atoms with van der Waals surface area (Å²) >= 11 is 0. The van der Waals surface area contributed by atoms with Crippen molar-refractivity contribution in [2.45, 2.75) is 12.0 Å². The molecule has 0 unspecified atom stereocenters. The SMILES string of the molecule is COC(=O)c1ccc(S(=O)(=O)N(C)c2cccc(C)c2)o1. The Bertz CT molecular complexity index is 763. The molecule has 0 aliphatic rings. The fraction of sp³-hybridized carbons (Fsp3) is 0.214. The van der Waals surface area contributed by atoms with Gasteiger partial charge in [-0.25, -0.2) is 4.79 Å². The Morgan fingerprint density at radius 1 is 1.24 bits per heavy atom. The molecule has 0 bridgehead atoms. The highest BCUT2D eigenvalue weighted by molar-refractivity contribution is 7.92. The Morgan fingerprint density at radius 3 is 2.57 bits per heavy atom. The van der Waals surface area contributed by atoms with Crippen molar-refractivity contribution in [3.05, 3.63) is 47.7 Å². The van der Waals surface area contributed by atoms with Crippen LogP contribution in [0.2, 0.25) is 0 Å². The van der Waals surface area contributed by atoms with E-state index in [1.807, 2.05) is 13.0 Å². The molecule has 0 saturated carbocycles. The maximum atomic E-state index is 12.4. The van der Waals surface area contributed by atoms with E-state index in [2.05, 4.69) is 4.74 Å². The third-order valence-electron chi connectivity index (χ3n) is 2.95. The molecule has 1 aromatic carbocycles. The van der Waals surface area contributed by atoms with E-state index >= 15 is 0 Å². The monoisotopic (exact) mass is 309 g/mol. The van der Waals surface area contributed by atoms with Crippen LogP contribution in [0, 0.1) is 6.92 Å². The lowest BCUT2D eigenvalue weighted by atomic mass is 10.2. The molecule has 6 nitrogen and oxygen atoms in total. The van der Waals surface area contributed by atoms with Gasteiger partial charge in [-0.1, -0.05) is 12.1 Å². The van der Waals surface area contributed by atoms with E-state index in [4.69, 9.17) is 4.42 Å². The average molecular weight is 309 g/mol. The van der Waals surface area contributed by atoms with Crippen LogP contribution in [0.15, 0.2) is 45.9 Å². The summed E-state index contributed by atoms with van der Waals surface area (Å²) in [7, 11) is -1.26. The van der Waals surface area contributed by atoms with Crippen molar-refractivity contribution in [1.82, 2.24) is 0 Å². The van der Waals surface area contributed by atoms with E-state index in [1.165, 1.54) is 26.3 Å². The number of anilines is 1. The summed E-state index contributed by atoms with van der Waals surface area (Å²) in [5, 5.41) is -0.313. The van der Waals surface area contributed by atoms with Gasteiger partial charge in [-0.2, -0.15) is 8.42 Å². The molecule has 0 fully saturated rings. The van der Waals surface area contributed by atoms with Crippen LogP contribution in [-0.2, 0) is 14.8 Å². The van der Waals surface area contributed by atoms with Crippen LogP contribution in [-0.4, -0.2) is 28.5 Å². The van der Waals surface area contributed by atoms with Gasteiger partial charge in [0, 0.05) is 7.05 Å². The second-order valence-electron chi connectivity index (χ2n) is 4.42. The van der Waals surface area contributed by atoms with E-state index < -0.39 is 16.0 Å². The van der Waals surface area contributed by atoms with Crippen molar-refractivity contribution in [1.29, 1.82) is 0 Å². The quantitative estimate of drug-likeness (QED) is 0.809. The minimum Gasteiger partial charge on any atom is -0.463 e. The van der Waals surface area contributed by atoms with Gasteiger partial charge < -0.3 is 9.15 Å². The molecule has 7 heteroatoms. The minimum absolute atomic E-state index is 0.159. The van der Waals surface area contributed by atoms with Gasteiger partial charge in [-0.15, -0.1) is 0 Å². The number of aryl methyl sites for hydroxylation is 1. The molecule has 2 aromatic rings. The lowest BCUT2D eigenvalue weighted by Gasteiger charge is -2.18. The summed E-state index contributed by atoms with van der Waals surface area (Å²) in [5.41, 5.74) is 1.44. The number of benzene rings is 1. The maximum Gasteiger partial charge on any atom is 0.374 e. The largest absolute Gasteiger partial charge is 0.463 e. The van der Waals surface area contributed by atoms with Crippen LogP contribution in [0.1, 0.15) is 16.1 Å². The molecule has 0 aliphatic carbocycles. The lowest BCUT2D eigenvalue weighted by molar-refractivity contribution is 0.0559. The molecular weight excluding hydrogens is 294 g/mol. The van der Waals surface area contributed by atoms with Crippen LogP contribution >= 0.6 is 0 Å². The summed E-state index contributed by atoms with van der Waals surface area (Å²) in [4.78, 5) is 11.3. The zero-order valence-corrected chi connectivity index (χ0v) is 12.7. The number of carbonyl (C=O) groups excluding carboxylic acids is 1. The van der Waals surface area contributed by atoms with Crippen molar-refractivity contribution in [2.24, 2.45) is 0 Å². The second-order valence-corrected chi connectivity index (χ2v) is 6.32. The second kappa shape index (κ2) is 5.61. The normalized spacial score (nSPS) is 11.2. The van der Waals surface area contributed by atoms with E-state index in [0.29, 0.717) is 5.69 Å². The molecule has 1 aromatic heterocycles. The highest BCUT2D eigenvalue weighted by Gasteiger charge is 2.26. The minimum atomic E-state index is -3.87. The molecule has 0 amide bonds. The van der Waals surface area contributed by atoms with Crippen LogP contribution in [0.3, 0.4) is 0 Å². The number of hydrogen-bond donors (Lipinski definition) is 0. The third kappa shape index (κ3) is 2.92. The van der Waals surface area contributed by atoms with Gasteiger partial charge in [0.15, 0.2) is 0 Å². The predicted molar refractivity (Wildman–Crippen MR) is 76.8 cm³/mol. The van der Waals surface area contributed by atoms with Crippen LogP contribution in [0.25, 0.3) is 0 Å². The standard InChI is InChI=1S/C14H15NO5S/c1-10-5-4-6-11(9-10)15(2)21(17,18)13-8-7-12(20-13)14(16)19-3/h4-9H,1-3H3. The molecule has 0 aliphatic heterocycles. The molecule has 0 spiro atoms. The molecule has 21 heavy (non-hydrogen) atoms. The molecule has 0 N–H and O–H groups in total. The van der Waals surface area contributed by atoms with Gasteiger partial charge in [0.1, 0.15) is 0 Å². The Morgan fingerprint density at radius 2 is 1.95 bits per heavy atom. The van der Waals surface area contributed by atoms with Gasteiger partial charge in [0.25, 0.3) is 10.0 Å². The smallest absolute Gasteiger partial charge is 0.374 e. The molecule has 112 valence electrons. The van der Waals surface area contributed by atoms with Crippen LogP contribution in [0.4, 0.5) is 5.69 Å². The molecule has 2 rings (SSSR count). The number of esters is 1. The molecule has 0 atom stereocenters. The van der Waals surface area contributed by atoms with Crippen molar-refractivity contribution in [3.63, 3.8) is 0 Å². The summed E-state index contributed by atoms with van der Waals surface area (Å²) in [6.07, 6.45) is 0. The molecular formula is C14H15NO5S. The first-order chi connectivity index (χ1) is 9.86. The number of ether oxygens (including phenoxy) is 1. The maximum absolute atomic E-state index is 12.4. The van der Waals surface area contributed by atoms with Crippen LogP contribution in [0.5, 0.6) is 0 Å². The topological polar surface area (TPSA) is 76.8 Å². The number of nitrogens with zero attached hydrogens (tertiary/aromatic N) is 1. The highest BCUT2D eigenvalue weighted by atomic mass is 32.2. The zero-order valence-electron chi connectivity index (χ0n) is 11.9. The summed E-state index contributed by atoms with van der Waals surface area (Å²) in [5.74, 6) is -0.886. The Hall–Kier alpha value is -2.28. The third-order valence-corrected chi connectivity index (χ3v) is 4.61. The molecule has 0 radical (unpaired) electrons. The predicted octanol–water partition coefficient (Wildman–Crippen LogP) is 2.20. The number of methoxy groups -OCH3 is 1. The van der Waals surface area contributed by atoms with Gasteiger partial charge >= 0.3 is 5.97 Å². The Balaban J connectivity index is 2.37. The fourth-order valence-corrected chi connectivity index (χ4v) is 2.86. The average Bonchev–Trinajstić information content (AvgIpc) is 2.96. The number of hydrogen-bond acceptors (Lipinski definition) is 5. The van der Waals surface area contributed by atoms with Gasteiger partial charge in [-0.05, 0) is 36.8 Å². The number of rotatable bonds is 4.